The fraction of sp³-hybridized carbons (Fsp3) is 0.368. The molecule has 1 aromatic heterocycles. The SMILES string of the molecule is C#CC(Sc1ccc(-c2ccccc2)[nH]1)C1CCCCC1. The van der Waals surface area contributed by atoms with Crippen molar-refractivity contribution in [1.29, 1.82) is 0 Å². The molecule has 0 bridgehead atoms. The van der Waals surface area contributed by atoms with Crippen LogP contribution in [0, 0.1) is 18.3 Å². The van der Waals surface area contributed by atoms with Crippen molar-refractivity contribution >= 4 is 11.8 Å². The van der Waals surface area contributed by atoms with E-state index in [1.807, 2.05) is 17.8 Å². The maximum Gasteiger partial charge on any atom is 0.0743 e. The van der Waals surface area contributed by atoms with Crippen LogP contribution in [-0.4, -0.2) is 10.2 Å². The van der Waals surface area contributed by atoms with Gasteiger partial charge in [-0.25, -0.2) is 0 Å². The third-order valence-electron chi connectivity index (χ3n) is 4.24. The number of rotatable bonds is 4. The van der Waals surface area contributed by atoms with E-state index in [1.165, 1.54) is 42.7 Å². The standard InChI is InChI=1S/C19H21NS/c1-2-18(16-11-7-4-8-12-16)21-19-14-13-17(20-19)15-9-5-3-6-10-15/h1,3,5-6,9-10,13-14,16,18,20H,4,7-8,11-12H2. The Morgan fingerprint density at radius 2 is 1.81 bits per heavy atom. The van der Waals surface area contributed by atoms with Crippen LogP contribution in [0.2, 0.25) is 0 Å². The van der Waals surface area contributed by atoms with E-state index in [0.717, 1.165) is 5.69 Å². The lowest BCUT2D eigenvalue weighted by Gasteiger charge is -2.26. The number of aromatic amines is 1. The van der Waals surface area contributed by atoms with Crippen LogP contribution in [-0.2, 0) is 0 Å². The normalized spacial score (nSPS) is 17.3. The molecule has 0 radical (unpaired) electrons. The monoisotopic (exact) mass is 295 g/mol. The zero-order valence-corrected chi connectivity index (χ0v) is 13.0. The van der Waals surface area contributed by atoms with Gasteiger partial charge in [-0.2, -0.15) is 0 Å². The number of nitrogens with one attached hydrogen (secondary N) is 1. The fourth-order valence-electron chi connectivity index (χ4n) is 3.07. The van der Waals surface area contributed by atoms with Gasteiger partial charge in [0.05, 0.1) is 10.3 Å². The molecule has 108 valence electrons. The van der Waals surface area contributed by atoms with Crippen LogP contribution in [0.4, 0.5) is 0 Å². The van der Waals surface area contributed by atoms with Crippen LogP contribution >= 0.6 is 11.8 Å². The van der Waals surface area contributed by atoms with Gasteiger partial charge in [-0.15, -0.1) is 6.42 Å². The Hall–Kier alpha value is -1.59. The van der Waals surface area contributed by atoms with Crippen molar-refractivity contribution in [2.45, 2.75) is 42.4 Å². The first-order chi connectivity index (χ1) is 10.4. The van der Waals surface area contributed by atoms with Gasteiger partial charge in [-0.3, -0.25) is 0 Å². The highest BCUT2D eigenvalue weighted by molar-refractivity contribution is 8.00. The minimum absolute atomic E-state index is 0.299. The summed E-state index contributed by atoms with van der Waals surface area (Å²) in [5, 5.41) is 1.48. The Labute approximate surface area is 131 Å². The highest BCUT2D eigenvalue weighted by atomic mass is 32.2. The van der Waals surface area contributed by atoms with Crippen molar-refractivity contribution in [1.82, 2.24) is 4.98 Å². The Morgan fingerprint density at radius 3 is 2.52 bits per heavy atom. The average Bonchev–Trinajstić information content (AvgIpc) is 3.03. The molecule has 21 heavy (non-hydrogen) atoms. The second-order valence-electron chi connectivity index (χ2n) is 5.71. The number of H-pyrrole nitrogens is 1. The molecule has 2 aromatic rings. The highest BCUT2D eigenvalue weighted by Gasteiger charge is 2.23. The molecule has 1 aromatic carbocycles. The topological polar surface area (TPSA) is 15.8 Å². The Balaban J connectivity index is 1.70. The predicted molar refractivity (Wildman–Crippen MR) is 91.3 cm³/mol. The van der Waals surface area contributed by atoms with E-state index < -0.39 is 0 Å². The predicted octanol–water partition coefficient (Wildman–Crippen LogP) is 5.36. The lowest BCUT2D eigenvalue weighted by molar-refractivity contribution is 0.371. The maximum atomic E-state index is 5.78. The summed E-state index contributed by atoms with van der Waals surface area (Å²) < 4.78 is 0. The number of terminal acetylenes is 1. The molecule has 1 atom stereocenters. The molecule has 0 aliphatic heterocycles. The average molecular weight is 295 g/mol. The van der Waals surface area contributed by atoms with E-state index >= 15 is 0 Å². The number of thioether (sulfide) groups is 1. The summed E-state index contributed by atoms with van der Waals surface area (Å²) in [6.45, 7) is 0. The molecule has 1 fully saturated rings. The van der Waals surface area contributed by atoms with Crippen molar-refractivity contribution in [2.75, 3.05) is 0 Å². The Morgan fingerprint density at radius 1 is 1.05 bits per heavy atom. The molecule has 2 heteroatoms. The number of hydrogen-bond donors (Lipinski definition) is 1. The van der Waals surface area contributed by atoms with Gasteiger partial charge in [-0.1, -0.05) is 67.3 Å². The van der Waals surface area contributed by atoms with E-state index in [0.29, 0.717) is 11.2 Å². The zero-order valence-electron chi connectivity index (χ0n) is 12.2. The van der Waals surface area contributed by atoms with E-state index in [2.05, 4.69) is 47.3 Å². The first-order valence-corrected chi connectivity index (χ1v) is 8.62. The molecule has 1 unspecified atom stereocenters. The molecule has 1 N–H and O–H groups in total. The number of hydrogen-bond acceptors (Lipinski definition) is 1. The Kier molecular flexibility index (Phi) is 4.72. The van der Waals surface area contributed by atoms with Crippen LogP contribution in [0.3, 0.4) is 0 Å². The van der Waals surface area contributed by atoms with Crippen LogP contribution in [0.15, 0.2) is 47.5 Å². The highest BCUT2D eigenvalue weighted by Crippen LogP contribution is 2.36. The summed E-state index contributed by atoms with van der Waals surface area (Å²) in [6.07, 6.45) is 12.4. The van der Waals surface area contributed by atoms with Crippen molar-refractivity contribution in [3.05, 3.63) is 42.5 Å². The van der Waals surface area contributed by atoms with Gasteiger partial charge in [0.2, 0.25) is 0 Å². The van der Waals surface area contributed by atoms with Crippen LogP contribution in [0.5, 0.6) is 0 Å². The quantitative estimate of drug-likeness (QED) is 0.593. The van der Waals surface area contributed by atoms with Gasteiger partial charge >= 0.3 is 0 Å². The molecule has 0 amide bonds. The van der Waals surface area contributed by atoms with E-state index in [-0.39, 0.29) is 0 Å². The van der Waals surface area contributed by atoms with Crippen LogP contribution < -0.4 is 0 Å². The number of benzene rings is 1. The van der Waals surface area contributed by atoms with Crippen molar-refractivity contribution in [3.63, 3.8) is 0 Å². The van der Waals surface area contributed by atoms with Gasteiger partial charge < -0.3 is 4.98 Å². The number of aromatic nitrogens is 1. The lowest BCUT2D eigenvalue weighted by Crippen LogP contribution is -2.18. The summed E-state index contributed by atoms with van der Waals surface area (Å²) in [4.78, 5) is 3.50. The van der Waals surface area contributed by atoms with Crippen LogP contribution in [0.1, 0.15) is 32.1 Å². The third kappa shape index (κ3) is 3.54. The lowest BCUT2D eigenvalue weighted by atomic mass is 9.87. The molecule has 1 saturated carbocycles. The Bertz CT molecular complexity index is 602. The van der Waals surface area contributed by atoms with Crippen molar-refractivity contribution in [3.8, 4) is 23.6 Å². The van der Waals surface area contributed by atoms with E-state index in [4.69, 9.17) is 6.42 Å². The minimum atomic E-state index is 0.299. The third-order valence-corrected chi connectivity index (χ3v) is 5.51. The molecular weight excluding hydrogens is 274 g/mol. The minimum Gasteiger partial charge on any atom is -0.350 e. The van der Waals surface area contributed by atoms with Gasteiger partial charge in [0.15, 0.2) is 0 Å². The van der Waals surface area contributed by atoms with Crippen molar-refractivity contribution in [2.24, 2.45) is 5.92 Å². The summed E-state index contributed by atoms with van der Waals surface area (Å²) in [5.41, 5.74) is 2.39. The second kappa shape index (κ2) is 6.91. The largest absolute Gasteiger partial charge is 0.350 e. The molecular formula is C19H21NS. The van der Waals surface area contributed by atoms with Crippen molar-refractivity contribution < 1.29 is 0 Å². The fourth-order valence-corrected chi connectivity index (χ4v) is 4.19. The maximum absolute atomic E-state index is 5.78. The molecule has 1 nitrogen and oxygen atoms in total. The van der Waals surface area contributed by atoms with Gasteiger partial charge in [0.1, 0.15) is 0 Å². The second-order valence-corrected chi connectivity index (χ2v) is 6.89. The van der Waals surface area contributed by atoms with Gasteiger partial charge in [0.25, 0.3) is 0 Å². The van der Waals surface area contributed by atoms with E-state index in [1.54, 1.807) is 0 Å². The van der Waals surface area contributed by atoms with Gasteiger partial charge in [0, 0.05) is 5.69 Å². The molecule has 3 rings (SSSR count). The smallest absolute Gasteiger partial charge is 0.0743 e. The first-order valence-electron chi connectivity index (χ1n) is 7.74. The zero-order chi connectivity index (χ0) is 14.5. The summed E-state index contributed by atoms with van der Waals surface area (Å²) >= 11 is 1.82. The molecule has 0 spiro atoms. The van der Waals surface area contributed by atoms with E-state index in [9.17, 15) is 0 Å². The van der Waals surface area contributed by atoms with Crippen LogP contribution in [0.25, 0.3) is 11.3 Å². The summed E-state index contributed by atoms with van der Waals surface area (Å²) in [7, 11) is 0. The molecule has 1 aliphatic carbocycles. The molecule has 1 aliphatic rings. The summed E-state index contributed by atoms with van der Waals surface area (Å²) in [5.74, 6) is 3.69. The van der Waals surface area contributed by atoms with Gasteiger partial charge in [-0.05, 0) is 36.5 Å². The molecule has 1 heterocycles. The summed E-state index contributed by atoms with van der Waals surface area (Å²) in [6, 6.07) is 14.7. The molecule has 0 saturated heterocycles. The first kappa shape index (κ1) is 14.4.